The molecule has 1 aromatic heterocycles. The molecule has 0 radical (unpaired) electrons. The highest BCUT2D eigenvalue weighted by Crippen LogP contribution is 2.06. The van der Waals surface area contributed by atoms with E-state index in [-0.39, 0.29) is 12.2 Å². The molecule has 0 spiro atoms. The summed E-state index contributed by atoms with van der Waals surface area (Å²) in [6, 6.07) is -0.607. The number of carbonyl (C=O) groups is 3. The Morgan fingerprint density at radius 3 is 2.53 bits per heavy atom. The molecule has 3 amide bonds. The molecule has 0 saturated carbocycles. The monoisotopic (exact) mass is 269 g/mol. The Kier molecular flexibility index (Phi) is 4.98. The molecule has 0 atom stereocenters. The average molecular weight is 269 g/mol. The fourth-order valence-electron chi connectivity index (χ4n) is 1.48. The van der Waals surface area contributed by atoms with E-state index in [1.54, 1.807) is 13.8 Å². The quantitative estimate of drug-likeness (QED) is 0.654. The molecule has 9 heteroatoms. The molecule has 104 valence electrons. The van der Waals surface area contributed by atoms with Gasteiger partial charge in [0.05, 0.1) is 5.69 Å². The van der Waals surface area contributed by atoms with Crippen LogP contribution in [0.15, 0.2) is 0 Å². The van der Waals surface area contributed by atoms with Crippen molar-refractivity contribution in [3.63, 3.8) is 0 Å². The van der Waals surface area contributed by atoms with Gasteiger partial charge in [-0.3, -0.25) is 10.1 Å². The summed E-state index contributed by atoms with van der Waals surface area (Å²) < 4.78 is 1.16. The van der Waals surface area contributed by atoms with Crippen molar-refractivity contribution in [2.24, 2.45) is 0 Å². The number of aromatic nitrogens is 3. The van der Waals surface area contributed by atoms with Gasteiger partial charge in [-0.1, -0.05) is 12.1 Å². The molecule has 0 saturated heterocycles. The van der Waals surface area contributed by atoms with Crippen LogP contribution in [0.1, 0.15) is 30.0 Å². The van der Waals surface area contributed by atoms with Crippen LogP contribution in [-0.4, -0.2) is 44.6 Å². The van der Waals surface area contributed by atoms with E-state index in [9.17, 15) is 14.4 Å². The number of urea groups is 1. The molecule has 9 nitrogen and oxygen atoms in total. The first kappa shape index (κ1) is 14.6. The molecule has 0 aliphatic rings. The minimum atomic E-state index is -1.20. The third-order valence-corrected chi connectivity index (χ3v) is 2.26. The van der Waals surface area contributed by atoms with Crippen LogP contribution < -0.4 is 10.6 Å². The number of nitrogens with zero attached hydrogens (tertiary/aromatic N) is 3. The third kappa shape index (κ3) is 3.76. The van der Waals surface area contributed by atoms with Gasteiger partial charge in [-0.15, -0.1) is 5.10 Å². The Morgan fingerprint density at radius 2 is 2.00 bits per heavy atom. The van der Waals surface area contributed by atoms with Crippen LogP contribution >= 0.6 is 0 Å². The SMILES string of the molecule is CCNC(=O)NC(=O)Cn1nnc(C(=O)O)c1CC. The molecule has 0 aromatic carbocycles. The van der Waals surface area contributed by atoms with E-state index in [0.29, 0.717) is 18.7 Å². The lowest BCUT2D eigenvalue weighted by molar-refractivity contribution is -0.120. The fraction of sp³-hybridized carbons (Fsp3) is 0.500. The second kappa shape index (κ2) is 6.47. The van der Waals surface area contributed by atoms with Gasteiger partial charge in [0.15, 0.2) is 5.69 Å². The zero-order valence-corrected chi connectivity index (χ0v) is 10.6. The number of carboxylic acid groups (broad SMARTS) is 1. The first-order valence-electron chi connectivity index (χ1n) is 5.72. The summed E-state index contributed by atoms with van der Waals surface area (Å²) in [6.07, 6.45) is 0.364. The smallest absolute Gasteiger partial charge is 0.358 e. The molecule has 0 fully saturated rings. The Balaban J connectivity index is 2.74. The lowest BCUT2D eigenvalue weighted by Crippen LogP contribution is -2.41. The van der Waals surface area contributed by atoms with E-state index in [1.807, 2.05) is 0 Å². The van der Waals surface area contributed by atoms with Crippen molar-refractivity contribution < 1.29 is 19.5 Å². The molecule has 1 aromatic rings. The first-order valence-corrected chi connectivity index (χ1v) is 5.72. The van der Waals surface area contributed by atoms with E-state index in [0.717, 1.165) is 4.68 Å². The van der Waals surface area contributed by atoms with Crippen LogP contribution in [0.3, 0.4) is 0 Å². The Hall–Kier alpha value is -2.45. The predicted octanol–water partition coefficient (Wildman–Crippen LogP) is -0.616. The highest BCUT2D eigenvalue weighted by Gasteiger charge is 2.19. The maximum Gasteiger partial charge on any atom is 0.358 e. The van der Waals surface area contributed by atoms with Crippen molar-refractivity contribution in [3.8, 4) is 0 Å². The first-order chi connectivity index (χ1) is 8.99. The van der Waals surface area contributed by atoms with Gasteiger partial charge in [0, 0.05) is 6.54 Å². The molecule has 0 aliphatic heterocycles. The van der Waals surface area contributed by atoms with Crippen molar-refractivity contribution in [3.05, 3.63) is 11.4 Å². The number of carbonyl (C=O) groups excluding carboxylic acids is 2. The van der Waals surface area contributed by atoms with Gasteiger partial charge in [0.25, 0.3) is 0 Å². The predicted molar refractivity (Wildman–Crippen MR) is 63.6 cm³/mol. The lowest BCUT2D eigenvalue weighted by atomic mass is 10.2. The summed E-state index contributed by atoms with van der Waals surface area (Å²) in [6.45, 7) is 3.57. The molecule has 1 rings (SSSR count). The topological polar surface area (TPSA) is 126 Å². The minimum Gasteiger partial charge on any atom is -0.476 e. The number of amides is 3. The van der Waals surface area contributed by atoms with Crippen LogP contribution in [0.4, 0.5) is 4.79 Å². The van der Waals surface area contributed by atoms with Crippen molar-refractivity contribution in [1.29, 1.82) is 0 Å². The maximum atomic E-state index is 11.5. The zero-order valence-electron chi connectivity index (χ0n) is 10.6. The van der Waals surface area contributed by atoms with Crippen LogP contribution in [0.2, 0.25) is 0 Å². The molecule has 0 aliphatic carbocycles. The second-order valence-corrected chi connectivity index (χ2v) is 3.61. The summed E-state index contributed by atoms with van der Waals surface area (Å²) in [5.74, 6) is -1.80. The van der Waals surface area contributed by atoms with Gasteiger partial charge < -0.3 is 10.4 Å². The molecular weight excluding hydrogens is 254 g/mol. The number of carboxylic acids is 1. The maximum absolute atomic E-state index is 11.5. The Bertz CT molecular complexity index is 496. The van der Waals surface area contributed by atoms with E-state index in [1.165, 1.54) is 0 Å². The summed E-state index contributed by atoms with van der Waals surface area (Å²) in [5.41, 5.74) is 0.145. The summed E-state index contributed by atoms with van der Waals surface area (Å²) in [4.78, 5) is 33.5. The highest BCUT2D eigenvalue weighted by molar-refractivity contribution is 5.94. The van der Waals surface area contributed by atoms with Crippen molar-refractivity contribution in [2.45, 2.75) is 26.8 Å². The number of aromatic carboxylic acids is 1. The second-order valence-electron chi connectivity index (χ2n) is 3.61. The molecule has 0 unspecified atom stereocenters. The van der Waals surface area contributed by atoms with E-state index in [2.05, 4.69) is 20.9 Å². The molecule has 3 N–H and O–H groups in total. The third-order valence-electron chi connectivity index (χ3n) is 2.26. The molecule has 19 heavy (non-hydrogen) atoms. The van der Waals surface area contributed by atoms with Gasteiger partial charge in [-0.05, 0) is 13.3 Å². The van der Waals surface area contributed by atoms with Crippen LogP contribution in [0.5, 0.6) is 0 Å². The van der Waals surface area contributed by atoms with E-state index >= 15 is 0 Å². The number of imide groups is 1. The van der Waals surface area contributed by atoms with Crippen molar-refractivity contribution >= 4 is 17.9 Å². The summed E-state index contributed by atoms with van der Waals surface area (Å²) >= 11 is 0. The van der Waals surface area contributed by atoms with E-state index in [4.69, 9.17) is 5.11 Å². The van der Waals surface area contributed by atoms with Crippen LogP contribution in [0.25, 0.3) is 0 Å². The number of hydrogen-bond donors (Lipinski definition) is 3. The van der Waals surface area contributed by atoms with Crippen LogP contribution in [0, 0.1) is 0 Å². The van der Waals surface area contributed by atoms with Gasteiger partial charge in [-0.25, -0.2) is 14.3 Å². The van der Waals surface area contributed by atoms with Gasteiger partial charge in [0.1, 0.15) is 6.54 Å². The van der Waals surface area contributed by atoms with Crippen molar-refractivity contribution in [2.75, 3.05) is 6.54 Å². The highest BCUT2D eigenvalue weighted by atomic mass is 16.4. The van der Waals surface area contributed by atoms with Crippen molar-refractivity contribution in [1.82, 2.24) is 25.6 Å². The largest absolute Gasteiger partial charge is 0.476 e. The Morgan fingerprint density at radius 1 is 1.32 bits per heavy atom. The number of hydrogen-bond acceptors (Lipinski definition) is 5. The van der Waals surface area contributed by atoms with Gasteiger partial charge in [-0.2, -0.15) is 0 Å². The molecule has 1 heterocycles. The van der Waals surface area contributed by atoms with Crippen LogP contribution in [-0.2, 0) is 17.8 Å². The normalized spacial score (nSPS) is 10.0. The van der Waals surface area contributed by atoms with E-state index < -0.39 is 17.9 Å². The average Bonchev–Trinajstić information content (AvgIpc) is 2.71. The fourth-order valence-corrected chi connectivity index (χ4v) is 1.48. The lowest BCUT2D eigenvalue weighted by Gasteiger charge is -2.06. The van der Waals surface area contributed by atoms with Gasteiger partial charge >= 0.3 is 12.0 Å². The molecular formula is C10H15N5O4. The molecule has 0 bridgehead atoms. The summed E-state index contributed by atoms with van der Waals surface area (Å²) in [5, 5.41) is 20.5. The van der Waals surface area contributed by atoms with Gasteiger partial charge in [0.2, 0.25) is 5.91 Å². The minimum absolute atomic E-state index is 0.187. The Labute approximate surface area is 109 Å². The summed E-state index contributed by atoms with van der Waals surface area (Å²) in [7, 11) is 0. The zero-order chi connectivity index (χ0) is 14.4. The standard InChI is InChI=1S/C10H15N5O4/c1-3-6-8(9(17)18)13-14-15(6)5-7(16)12-10(19)11-4-2/h3-5H2,1-2H3,(H,17,18)(H2,11,12,16,19). The number of rotatable bonds is 5. The number of nitrogens with one attached hydrogen (secondary N) is 2.